The van der Waals surface area contributed by atoms with Crippen LogP contribution in [0.2, 0.25) is 0 Å². The second kappa shape index (κ2) is 10.2. The van der Waals surface area contributed by atoms with Crippen LogP contribution >= 0.6 is 11.3 Å². The van der Waals surface area contributed by atoms with Gasteiger partial charge in [-0.25, -0.2) is 4.79 Å². The quantitative estimate of drug-likeness (QED) is 0.747. The van der Waals surface area contributed by atoms with E-state index in [9.17, 15) is 9.59 Å². The zero-order valence-corrected chi connectivity index (χ0v) is 16.9. The van der Waals surface area contributed by atoms with Crippen molar-refractivity contribution in [2.45, 2.75) is 64.1 Å². The molecule has 150 valence electrons. The van der Waals surface area contributed by atoms with Gasteiger partial charge in [-0.2, -0.15) is 0 Å². The second-order valence-electron chi connectivity index (χ2n) is 7.77. The molecule has 1 aromatic rings. The number of thiophene rings is 1. The van der Waals surface area contributed by atoms with Gasteiger partial charge in [-0.15, -0.1) is 11.3 Å². The fraction of sp³-hybridized carbons (Fsp3) is 0.700. The van der Waals surface area contributed by atoms with Crippen molar-refractivity contribution in [2.24, 2.45) is 5.92 Å². The first-order valence-corrected chi connectivity index (χ1v) is 10.9. The lowest BCUT2D eigenvalue weighted by atomic mass is 9.86. The number of carbonyl (C=O) groups is 2. The van der Waals surface area contributed by atoms with E-state index in [2.05, 4.69) is 28.5 Å². The van der Waals surface area contributed by atoms with Crippen molar-refractivity contribution < 1.29 is 14.3 Å². The van der Waals surface area contributed by atoms with Crippen LogP contribution in [0.15, 0.2) is 17.5 Å². The monoisotopic (exact) mass is 393 g/mol. The molecule has 6 nitrogen and oxygen atoms in total. The second-order valence-corrected chi connectivity index (χ2v) is 8.81. The summed E-state index contributed by atoms with van der Waals surface area (Å²) in [6.07, 6.45) is 6.77. The lowest BCUT2D eigenvalue weighted by Gasteiger charge is -2.29. The molecule has 0 unspecified atom stereocenters. The van der Waals surface area contributed by atoms with Gasteiger partial charge in [-0.3, -0.25) is 15.0 Å². The Kier molecular flexibility index (Phi) is 7.67. The number of rotatable bonds is 7. The summed E-state index contributed by atoms with van der Waals surface area (Å²) in [5.74, 6) is 0.208. The highest BCUT2D eigenvalue weighted by Gasteiger charge is 2.25. The van der Waals surface area contributed by atoms with Gasteiger partial charge < -0.3 is 10.1 Å². The molecule has 1 aliphatic heterocycles. The van der Waals surface area contributed by atoms with Crippen LogP contribution in [-0.2, 0) is 16.1 Å². The Balaban J connectivity index is 1.49. The van der Waals surface area contributed by atoms with E-state index in [0.29, 0.717) is 19.0 Å². The Morgan fingerprint density at radius 1 is 1.26 bits per heavy atom. The molecule has 27 heavy (non-hydrogen) atoms. The molecule has 3 rings (SSSR count). The summed E-state index contributed by atoms with van der Waals surface area (Å²) in [6.45, 7) is 4.58. The van der Waals surface area contributed by atoms with Crippen LogP contribution in [0.25, 0.3) is 0 Å². The molecule has 3 amide bonds. The molecule has 2 aliphatic rings. The highest BCUT2D eigenvalue weighted by molar-refractivity contribution is 7.09. The van der Waals surface area contributed by atoms with Crippen LogP contribution in [0, 0.1) is 5.92 Å². The van der Waals surface area contributed by atoms with Crippen LogP contribution in [0.1, 0.15) is 50.3 Å². The topological polar surface area (TPSA) is 70.7 Å². The summed E-state index contributed by atoms with van der Waals surface area (Å²) < 4.78 is 5.73. The SMILES string of the molecule is C[C@@H]1CCCC[C@@H]1NC(=O)NC(=O)CN(Cc1cccs1)C[C@@H]1CCCO1. The van der Waals surface area contributed by atoms with Crippen molar-refractivity contribution in [1.82, 2.24) is 15.5 Å². The normalized spacial score (nSPS) is 25.5. The van der Waals surface area contributed by atoms with Gasteiger partial charge in [0.25, 0.3) is 0 Å². The standard InChI is InChI=1S/C20H31N3O3S/c1-15-6-2-3-9-18(15)21-20(25)22-19(24)14-23(12-16-7-4-10-26-16)13-17-8-5-11-27-17/h5,8,11,15-16,18H,2-4,6-7,9-10,12-14H2,1H3,(H2,21,22,24,25)/t15-,16+,18+/m1/s1. The highest BCUT2D eigenvalue weighted by Crippen LogP contribution is 2.23. The van der Waals surface area contributed by atoms with Crippen molar-refractivity contribution in [3.8, 4) is 0 Å². The lowest BCUT2D eigenvalue weighted by Crippen LogP contribution is -2.50. The predicted molar refractivity (Wildman–Crippen MR) is 107 cm³/mol. The van der Waals surface area contributed by atoms with Gasteiger partial charge >= 0.3 is 6.03 Å². The minimum atomic E-state index is -0.369. The molecule has 7 heteroatoms. The molecule has 2 heterocycles. The average molecular weight is 394 g/mol. The molecule has 0 aromatic carbocycles. The van der Waals surface area contributed by atoms with E-state index in [1.807, 2.05) is 11.4 Å². The summed E-state index contributed by atoms with van der Waals surface area (Å²) >= 11 is 1.68. The Hall–Kier alpha value is -1.44. The Morgan fingerprint density at radius 2 is 2.11 bits per heavy atom. The van der Waals surface area contributed by atoms with Gasteiger partial charge in [0.05, 0.1) is 12.6 Å². The Bertz CT molecular complexity index is 602. The average Bonchev–Trinajstić information content (AvgIpc) is 3.31. The van der Waals surface area contributed by atoms with Crippen LogP contribution in [-0.4, -0.2) is 48.7 Å². The Labute approximate surface area is 165 Å². The first-order chi connectivity index (χ1) is 13.1. The van der Waals surface area contributed by atoms with Gasteiger partial charge in [0.2, 0.25) is 5.91 Å². The summed E-state index contributed by atoms with van der Waals surface area (Å²) in [7, 11) is 0. The van der Waals surface area contributed by atoms with Gasteiger partial charge in [0.15, 0.2) is 0 Å². The van der Waals surface area contributed by atoms with Crippen molar-refractivity contribution in [3.05, 3.63) is 22.4 Å². The van der Waals surface area contributed by atoms with Gasteiger partial charge in [-0.1, -0.05) is 25.8 Å². The largest absolute Gasteiger partial charge is 0.377 e. The zero-order valence-electron chi connectivity index (χ0n) is 16.1. The highest BCUT2D eigenvalue weighted by atomic mass is 32.1. The maximum Gasteiger partial charge on any atom is 0.321 e. The van der Waals surface area contributed by atoms with Crippen molar-refractivity contribution in [2.75, 3.05) is 19.7 Å². The van der Waals surface area contributed by atoms with Crippen LogP contribution < -0.4 is 10.6 Å². The molecule has 2 fully saturated rings. The number of nitrogens with zero attached hydrogens (tertiary/aromatic N) is 1. The van der Waals surface area contributed by atoms with E-state index in [4.69, 9.17) is 4.74 Å². The Morgan fingerprint density at radius 3 is 2.81 bits per heavy atom. The molecule has 0 spiro atoms. The van der Waals surface area contributed by atoms with E-state index in [0.717, 1.165) is 38.7 Å². The number of nitrogens with one attached hydrogen (secondary N) is 2. The van der Waals surface area contributed by atoms with Gasteiger partial charge in [0.1, 0.15) is 0 Å². The number of hydrogen-bond donors (Lipinski definition) is 2. The first kappa shape index (κ1) is 20.3. The minimum Gasteiger partial charge on any atom is -0.377 e. The minimum absolute atomic E-state index is 0.167. The van der Waals surface area contributed by atoms with Crippen molar-refractivity contribution >= 4 is 23.3 Å². The fourth-order valence-electron chi connectivity index (χ4n) is 3.99. The summed E-state index contributed by atoms with van der Waals surface area (Å²) in [5.41, 5.74) is 0. The van der Waals surface area contributed by atoms with E-state index < -0.39 is 0 Å². The van der Waals surface area contributed by atoms with E-state index in [1.165, 1.54) is 11.3 Å². The third kappa shape index (κ3) is 6.59. The predicted octanol–water partition coefficient (Wildman–Crippen LogP) is 3.13. The summed E-state index contributed by atoms with van der Waals surface area (Å²) in [4.78, 5) is 28.0. The van der Waals surface area contributed by atoms with E-state index in [-0.39, 0.29) is 30.6 Å². The smallest absolute Gasteiger partial charge is 0.321 e. The first-order valence-electron chi connectivity index (χ1n) is 10.1. The number of imide groups is 1. The number of hydrogen-bond acceptors (Lipinski definition) is 5. The number of carbonyl (C=O) groups excluding carboxylic acids is 2. The van der Waals surface area contributed by atoms with Crippen LogP contribution in [0.3, 0.4) is 0 Å². The number of ether oxygens (including phenoxy) is 1. The molecular weight excluding hydrogens is 362 g/mol. The molecule has 1 saturated carbocycles. The maximum absolute atomic E-state index is 12.4. The zero-order chi connectivity index (χ0) is 19.1. The number of amides is 3. The lowest BCUT2D eigenvalue weighted by molar-refractivity contribution is -0.121. The number of urea groups is 1. The molecule has 0 radical (unpaired) electrons. The molecule has 0 bridgehead atoms. The fourth-order valence-corrected chi connectivity index (χ4v) is 4.73. The van der Waals surface area contributed by atoms with Gasteiger partial charge in [0, 0.05) is 30.6 Å². The maximum atomic E-state index is 12.4. The third-order valence-electron chi connectivity index (χ3n) is 5.49. The summed E-state index contributed by atoms with van der Waals surface area (Å²) in [6, 6.07) is 3.89. The van der Waals surface area contributed by atoms with E-state index in [1.54, 1.807) is 11.3 Å². The molecule has 2 N–H and O–H groups in total. The molecule has 3 atom stereocenters. The molecule has 1 saturated heterocycles. The molecular formula is C20H31N3O3S. The molecule has 1 aliphatic carbocycles. The van der Waals surface area contributed by atoms with Crippen molar-refractivity contribution in [3.63, 3.8) is 0 Å². The summed E-state index contributed by atoms with van der Waals surface area (Å²) in [5, 5.41) is 7.53. The third-order valence-corrected chi connectivity index (χ3v) is 6.35. The van der Waals surface area contributed by atoms with Crippen molar-refractivity contribution in [1.29, 1.82) is 0 Å². The van der Waals surface area contributed by atoms with Crippen LogP contribution in [0.5, 0.6) is 0 Å². The van der Waals surface area contributed by atoms with E-state index >= 15 is 0 Å². The van der Waals surface area contributed by atoms with Crippen LogP contribution in [0.4, 0.5) is 4.79 Å². The van der Waals surface area contributed by atoms with Gasteiger partial charge in [-0.05, 0) is 43.0 Å². The molecule has 1 aromatic heterocycles.